The molecular weight excluding hydrogens is 411 g/mol. The summed E-state index contributed by atoms with van der Waals surface area (Å²) < 4.78 is 18.0. The third-order valence-corrected chi connectivity index (χ3v) is 10.7. The van der Waals surface area contributed by atoms with Crippen molar-refractivity contribution >= 4 is 5.97 Å². The molecule has 3 heteroatoms. The first-order chi connectivity index (χ1) is 15.2. The van der Waals surface area contributed by atoms with Gasteiger partial charge in [-0.1, -0.05) is 73.0 Å². The third-order valence-electron chi connectivity index (χ3n) is 10.7. The van der Waals surface area contributed by atoms with Crippen molar-refractivity contribution in [2.75, 3.05) is 6.67 Å². The average Bonchev–Trinajstić information content (AvgIpc) is 3.11. The SMILES string of the molecule is C.CC(C)CCC[C@@H](C)[C@H]1CC[C@H]2[C@@H]3CC=C4C[C@@H](OC(=O)CF)CC[C@]4(C)[C@H]3CC[C@]12C. The fourth-order valence-electron chi connectivity index (χ4n) is 8.97. The molecule has 0 heterocycles. The van der Waals surface area contributed by atoms with Crippen LogP contribution in [-0.4, -0.2) is 18.7 Å². The second-order valence-corrected chi connectivity index (χ2v) is 12.8. The van der Waals surface area contributed by atoms with Crippen molar-refractivity contribution in [1.82, 2.24) is 0 Å². The van der Waals surface area contributed by atoms with E-state index in [-0.39, 0.29) is 18.9 Å². The van der Waals surface area contributed by atoms with Crippen LogP contribution in [0.25, 0.3) is 0 Å². The van der Waals surface area contributed by atoms with E-state index in [9.17, 15) is 9.18 Å². The number of carbonyl (C=O) groups is 1. The Labute approximate surface area is 203 Å². The van der Waals surface area contributed by atoms with Gasteiger partial charge in [0.25, 0.3) is 0 Å². The molecule has 4 rings (SSSR count). The number of halogens is 1. The Morgan fingerprint density at radius 3 is 2.55 bits per heavy atom. The molecule has 0 unspecified atom stereocenters. The van der Waals surface area contributed by atoms with E-state index < -0.39 is 12.6 Å². The monoisotopic (exact) mass is 462 g/mol. The molecule has 0 spiro atoms. The molecule has 0 saturated heterocycles. The van der Waals surface area contributed by atoms with Gasteiger partial charge in [-0.2, -0.15) is 0 Å². The van der Waals surface area contributed by atoms with Gasteiger partial charge in [0.15, 0.2) is 6.67 Å². The minimum absolute atomic E-state index is 0. The first kappa shape index (κ1) is 26.7. The number of allylic oxidation sites excluding steroid dienone is 1. The van der Waals surface area contributed by atoms with Crippen LogP contribution in [0.4, 0.5) is 4.39 Å². The topological polar surface area (TPSA) is 26.3 Å². The molecule has 0 N–H and O–H groups in total. The highest BCUT2D eigenvalue weighted by atomic mass is 19.1. The fourth-order valence-corrected chi connectivity index (χ4v) is 8.97. The Kier molecular flexibility index (Phi) is 8.43. The van der Waals surface area contributed by atoms with Gasteiger partial charge in [-0.05, 0) is 91.3 Å². The third kappa shape index (κ3) is 4.94. The Morgan fingerprint density at radius 2 is 1.85 bits per heavy atom. The van der Waals surface area contributed by atoms with Crippen molar-refractivity contribution in [3.8, 4) is 0 Å². The van der Waals surface area contributed by atoms with Gasteiger partial charge in [0.2, 0.25) is 0 Å². The number of hydrogen-bond acceptors (Lipinski definition) is 2. The van der Waals surface area contributed by atoms with Gasteiger partial charge in [0.05, 0.1) is 0 Å². The fraction of sp³-hybridized carbons (Fsp3) is 0.900. The second-order valence-electron chi connectivity index (χ2n) is 12.8. The molecule has 0 aromatic rings. The van der Waals surface area contributed by atoms with Crippen LogP contribution in [0.5, 0.6) is 0 Å². The summed E-state index contributed by atoms with van der Waals surface area (Å²) in [6, 6.07) is 0. The van der Waals surface area contributed by atoms with Crippen LogP contribution in [-0.2, 0) is 9.53 Å². The molecule has 4 aliphatic carbocycles. The first-order valence-electron chi connectivity index (χ1n) is 13.6. The van der Waals surface area contributed by atoms with E-state index in [1.54, 1.807) is 0 Å². The van der Waals surface area contributed by atoms with Crippen LogP contribution in [0, 0.1) is 46.3 Å². The van der Waals surface area contributed by atoms with E-state index in [1.807, 2.05) is 0 Å². The largest absolute Gasteiger partial charge is 0.460 e. The molecule has 3 fully saturated rings. The van der Waals surface area contributed by atoms with Gasteiger partial charge in [0.1, 0.15) is 6.10 Å². The van der Waals surface area contributed by atoms with Crippen LogP contribution in [0.15, 0.2) is 11.6 Å². The first-order valence-corrected chi connectivity index (χ1v) is 13.6. The Hall–Kier alpha value is -0.860. The van der Waals surface area contributed by atoms with Crippen LogP contribution < -0.4 is 0 Å². The Balaban J connectivity index is 0.00000306. The van der Waals surface area contributed by atoms with Crippen LogP contribution in [0.2, 0.25) is 0 Å². The molecule has 0 aliphatic heterocycles. The molecule has 3 saturated carbocycles. The summed E-state index contributed by atoms with van der Waals surface area (Å²) in [4.78, 5) is 11.5. The number of hydrogen-bond donors (Lipinski definition) is 0. The smallest absolute Gasteiger partial charge is 0.337 e. The number of rotatable bonds is 7. The van der Waals surface area contributed by atoms with Crippen molar-refractivity contribution in [2.24, 2.45) is 46.3 Å². The molecule has 33 heavy (non-hydrogen) atoms. The molecule has 0 radical (unpaired) electrons. The lowest BCUT2D eigenvalue weighted by atomic mass is 9.47. The van der Waals surface area contributed by atoms with Crippen LogP contribution in [0.1, 0.15) is 113 Å². The zero-order valence-electron chi connectivity index (χ0n) is 21.3. The lowest BCUT2D eigenvalue weighted by molar-refractivity contribution is -0.152. The quantitative estimate of drug-likeness (QED) is 0.280. The van der Waals surface area contributed by atoms with Crippen LogP contribution in [0.3, 0.4) is 0 Å². The standard InChI is InChI=1S/C29H47FO2.CH4/c1-19(2)7-6-8-20(3)24-11-12-25-23-10-9-21-17-22(32-27(31)18-30)13-15-28(21,4)26(23)14-16-29(24,25)5;/h9,19-20,22-26H,6-8,10-18H2,1-5H3;1H4/t20-,22+,23+,24-,25+,26+,28+,29-;/m1./s1. The predicted molar refractivity (Wildman–Crippen MR) is 136 cm³/mol. The normalized spacial score (nSPS) is 40.7. The molecule has 0 aromatic carbocycles. The van der Waals surface area contributed by atoms with E-state index in [1.165, 1.54) is 56.9 Å². The van der Waals surface area contributed by atoms with Crippen molar-refractivity contribution in [3.05, 3.63) is 11.6 Å². The van der Waals surface area contributed by atoms with Gasteiger partial charge in [-0.25, -0.2) is 9.18 Å². The van der Waals surface area contributed by atoms with E-state index in [0.29, 0.717) is 5.41 Å². The van der Waals surface area contributed by atoms with Gasteiger partial charge in [0, 0.05) is 6.42 Å². The number of ether oxygens (including phenoxy) is 1. The molecule has 8 atom stereocenters. The maximum absolute atomic E-state index is 12.6. The summed E-state index contributed by atoms with van der Waals surface area (Å²) in [6.45, 7) is 11.4. The highest BCUT2D eigenvalue weighted by Gasteiger charge is 2.59. The highest BCUT2D eigenvalue weighted by molar-refractivity contribution is 5.70. The zero-order valence-corrected chi connectivity index (χ0v) is 21.3. The van der Waals surface area contributed by atoms with Crippen molar-refractivity contribution in [2.45, 2.75) is 119 Å². The zero-order chi connectivity index (χ0) is 23.1. The summed E-state index contributed by atoms with van der Waals surface area (Å²) in [5.74, 6) is 4.34. The molecular formula is C30H51FO2. The highest BCUT2D eigenvalue weighted by Crippen LogP contribution is 2.67. The van der Waals surface area contributed by atoms with Gasteiger partial charge in [-0.15, -0.1) is 0 Å². The predicted octanol–water partition coefficient (Wildman–Crippen LogP) is 8.55. The van der Waals surface area contributed by atoms with Gasteiger partial charge >= 0.3 is 5.97 Å². The molecule has 0 bridgehead atoms. The molecule has 4 aliphatic rings. The van der Waals surface area contributed by atoms with E-state index in [4.69, 9.17) is 4.74 Å². The van der Waals surface area contributed by atoms with Crippen molar-refractivity contribution in [1.29, 1.82) is 0 Å². The number of alkyl halides is 1. The van der Waals surface area contributed by atoms with E-state index in [0.717, 1.165) is 54.8 Å². The lowest BCUT2D eigenvalue weighted by Crippen LogP contribution is -2.51. The minimum atomic E-state index is -1.01. The Morgan fingerprint density at radius 1 is 1.09 bits per heavy atom. The van der Waals surface area contributed by atoms with Crippen molar-refractivity contribution < 1.29 is 13.9 Å². The average molecular weight is 463 g/mol. The van der Waals surface area contributed by atoms with Gasteiger partial charge in [-0.3, -0.25) is 0 Å². The number of esters is 1. The summed E-state index contributed by atoms with van der Waals surface area (Å²) in [6.07, 6.45) is 16.2. The van der Waals surface area contributed by atoms with Crippen LogP contribution >= 0.6 is 0 Å². The summed E-state index contributed by atoms with van der Waals surface area (Å²) in [5, 5.41) is 0. The number of carbonyl (C=O) groups excluding carboxylic acids is 1. The van der Waals surface area contributed by atoms with E-state index in [2.05, 4.69) is 40.7 Å². The van der Waals surface area contributed by atoms with Gasteiger partial charge < -0.3 is 4.74 Å². The Bertz CT molecular complexity index is 714. The summed E-state index contributed by atoms with van der Waals surface area (Å²) >= 11 is 0. The molecule has 2 nitrogen and oxygen atoms in total. The molecule has 0 aromatic heterocycles. The minimum Gasteiger partial charge on any atom is -0.460 e. The lowest BCUT2D eigenvalue weighted by Gasteiger charge is -2.58. The molecule has 190 valence electrons. The second kappa shape index (κ2) is 10.4. The summed E-state index contributed by atoms with van der Waals surface area (Å²) in [7, 11) is 0. The molecule has 0 amide bonds. The summed E-state index contributed by atoms with van der Waals surface area (Å²) in [5.41, 5.74) is 2.28. The number of fused-ring (bicyclic) bond motifs is 5. The van der Waals surface area contributed by atoms with Crippen molar-refractivity contribution in [3.63, 3.8) is 0 Å². The maximum atomic E-state index is 12.6. The van der Waals surface area contributed by atoms with E-state index >= 15 is 0 Å². The maximum Gasteiger partial charge on any atom is 0.337 e.